The number of rotatable bonds is 5. The van der Waals surface area contributed by atoms with Gasteiger partial charge in [-0.2, -0.15) is 0 Å². The molecule has 110 valence electrons. The van der Waals surface area contributed by atoms with E-state index in [1.807, 2.05) is 38.1 Å². The van der Waals surface area contributed by atoms with Crippen molar-refractivity contribution in [2.45, 2.75) is 44.6 Å². The van der Waals surface area contributed by atoms with Crippen LogP contribution in [0.1, 0.15) is 44.6 Å². The zero-order valence-electron chi connectivity index (χ0n) is 12.0. The monoisotopic (exact) mass is 295 g/mol. The van der Waals surface area contributed by atoms with Crippen LogP contribution in [0.25, 0.3) is 0 Å². The zero-order valence-corrected chi connectivity index (χ0v) is 12.8. The van der Waals surface area contributed by atoms with Gasteiger partial charge in [0, 0.05) is 5.02 Å². The van der Waals surface area contributed by atoms with E-state index in [0.717, 1.165) is 24.8 Å². The second-order valence-electron chi connectivity index (χ2n) is 6.05. The molecule has 0 bridgehead atoms. The average molecular weight is 296 g/mol. The Hall–Kier alpha value is -1.06. The summed E-state index contributed by atoms with van der Waals surface area (Å²) in [5.41, 5.74) is 0.575. The van der Waals surface area contributed by atoms with Crippen molar-refractivity contribution in [1.29, 1.82) is 0 Å². The minimum absolute atomic E-state index is 0.00364. The van der Waals surface area contributed by atoms with Gasteiger partial charge in [0.2, 0.25) is 5.91 Å². The molecule has 1 amide bonds. The molecule has 0 radical (unpaired) electrons. The van der Waals surface area contributed by atoms with Gasteiger partial charge in [-0.1, -0.05) is 37.6 Å². The summed E-state index contributed by atoms with van der Waals surface area (Å²) >= 11 is 5.90. The number of carbonyl (C=O) groups excluding carboxylic acids is 1. The molecule has 0 aromatic heterocycles. The minimum atomic E-state index is -0.392. The maximum Gasteiger partial charge on any atom is 0.228 e. The minimum Gasteiger partial charge on any atom is -0.394 e. The van der Waals surface area contributed by atoms with Gasteiger partial charge in [0.05, 0.1) is 18.1 Å². The number of hydrogen-bond acceptors (Lipinski definition) is 2. The van der Waals surface area contributed by atoms with Gasteiger partial charge in [-0.3, -0.25) is 4.79 Å². The van der Waals surface area contributed by atoms with Crippen molar-refractivity contribution in [1.82, 2.24) is 5.32 Å². The molecular formula is C16H22ClNO2. The molecule has 1 saturated carbocycles. The van der Waals surface area contributed by atoms with Crippen LogP contribution in [-0.2, 0) is 4.79 Å². The van der Waals surface area contributed by atoms with Gasteiger partial charge in [0.1, 0.15) is 0 Å². The van der Waals surface area contributed by atoms with Crippen LogP contribution in [0.2, 0.25) is 5.02 Å². The van der Waals surface area contributed by atoms with E-state index in [0.29, 0.717) is 5.02 Å². The van der Waals surface area contributed by atoms with Crippen LogP contribution in [0.15, 0.2) is 24.3 Å². The van der Waals surface area contributed by atoms with Crippen molar-refractivity contribution in [3.8, 4) is 0 Å². The smallest absolute Gasteiger partial charge is 0.228 e. The lowest BCUT2D eigenvalue weighted by atomic mass is 9.76. The molecule has 4 heteroatoms. The first-order valence-corrected chi connectivity index (χ1v) is 7.53. The number of aliphatic hydroxyl groups is 1. The standard InChI is InChI=1S/C16H22ClNO2/c1-11(2)14(12-4-6-13(17)7-5-12)15(20)18-16(10-19)8-3-9-16/h4-7,11,14,19H,3,8-10H2,1-2H3,(H,18,20). The maximum absolute atomic E-state index is 12.6. The third-order valence-electron chi connectivity index (χ3n) is 4.18. The Kier molecular flexibility index (Phi) is 4.71. The van der Waals surface area contributed by atoms with Gasteiger partial charge in [0.25, 0.3) is 0 Å². The molecule has 0 aliphatic heterocycles. The van der Waals surface area contributed by atoms with E-state index in [-0.39, 0.29) is 24.3 Å². The van der Waals surface area contributed by atoms with Crippen molar-refractivity contribution in [3.63, 3.8) is 0 Å². The van der Waals surface area contributed by atoms with Gasteiger partial charge in [0.15, 0.2) is 0 Å². The van der Waals surface area contributed by atoms with Gasteiger partial charge in [-0.15, -0.1) is 0 Å². The Bertz CT molecular complexity index is 460. The van der Waals surface area contributed by atoms with Gasteiger partial charge < -0.3 is 10.4 Å². The molecule has 20 heavy (non-hydrogen) atoms. The molecule has 3 nitrogen and oxygen atoms in total. The third kappa shape index (κ3) is 3.15. The number of carbonyl (C=O) groups is 1. The molecule has 1 aliphatic carbocycles. The fraction of sp³-hybridized carbons (Fsp3) is 0.562. The largest absolute Gasteiger partial charge is 0.394 e. The molecule has 1 unspecified atom stereocenters. The highest BCUT2D eigenvalue weighted by atomic mass is 35.5. The highest BCUT2D eigenvalue weighted by Crippen LogP contribution is 2.33. The topological polar surface area (TPSA) is 49.3 Å². The Morgan fingerprint density at radius 2 is 1.95 bits per heavy atom. The Labute approximate surface area is 125 Å². The molecule has 2 rings (SSSR count). The summed E-state index contributed by atoms with van der Waals surface area (Å²) in [7, 11) is 0. The van der Waals surface area contributed by atoms with Crippen molar-refractivity contribution in [3.05, 3.63) is 34.9 Å². The molecule has 2 N–H and O–H groups in total. The van der Waals surface area contributed by atoms with E-state index in [1.165, 1.54) is 0 Å². The van der Waals surface area contributed by atoms with Crippen LogP contribution in [0, 0.1) is 5.92 Å². The van der Waals surface area contributed by atoms with E-state index in [1.54, 1.807) is 0 Å². The van der Waals surface area contributed by atoms with Gasteiger partial charge in [-0.05, 0) is 42.9 Å². The molecule has 0 spiro atoms. The predicted molar refractivity (Wildman–Crippen MR) is 80.8 cm³/mol. The molecule has 1 fully saturated rings. The number of nitrogens with one attached hydrogen (secondary N) is 1. The normalized spacial score (nSPS) is 18.4. The number of amides is 1. The Morgan fingerprint density at radius 3 is 2.35 bits per heavy atom. The van der Waals surface area contributed by atoms with E-state index >= 15 is 0 Å². The van der Waals surface area contributed by atoms with Crippen LogP contribution < -0.4 is 5.32 Å². The zero-order chi connectivity index (χ0) is 14.8. The number of halogens is 1. The fourth-order valence-electron chi connectivity index (χ4n) is 2.77. The highest BCUT2D eigenvalue weighted by Gasteiger charge is 2.39. The van der Waals surface area contributed by atoms with Gasteiger partial charge >= 0.3 is 0 Å². The van der Waals surface area contributed by atoms with Crippen LogP contribution in [0.3, 0.4) is 0 Å². The molecule has 1 aliphatic rings. The number of hydrogen-bond donors (Lipinski definition) is 2. The summed E-state index contributed by atoms with van der Waals surface area (Å²) in [6.07, 6.45) is 2.79. The maximum atomic E-state index is 12.6. The Morgan fingerprint density at radius 1 is 1.35 bits per heavy atom. The highest BCUT2D eigenvalue weighted by molar-refractivity contribution is 6.30. The van der Waals surface area contributed by atoms with Gasteiger partial charge in [-0.25, -0.2) is 0 Å². The van der Waals surface area contributed by atoms with Crippen LogP contribution in [-0.4, -0.2) is 23.2 Å². The quantitative estimate of drug-likeness (QED) is 0.877. The average Bonchev–Trinajstić information content (AvgIpc) is 2.36. The molecule has 0 saturated heterocycles. The number of aliphatic hydroxyl groups excluding tert-OH is 1. The van der Waals surface area contributed by atoms with E-state index < -0.39 is 5.54 Å². The van der Waals surface area contributed by atoms with Crippen molar-refractivity contribution >= 4 is 17.5 Å². The second-order valence-corrected chi connectivity index (χ2v) is 6.49. The molecule has 1 atom stereocenters. The van der Waals surface area contributed by atoms with Crippen molar-refractivity contribution in [2.24, 2.45) is 5.92 Å². The van der Waals surface area contributed by atoms with Crippen LogP contribution >= 0.6 is 11.6 Å². The SMILES string of the molecule is CC(C)C(C(=O)NC1(CO)CCC1)c1ccc(Cl)cc1. The van der Waals surface area contributed by atoms with E-state index in [9.17, 15) is 9.90 Å². The van der Waals surface area contributed by atoms with Crippen LogP contribution in [0.5, 0.6) is 0 Å². The first-order valence-electron chi connectivity index (χ1n) is 7.16. The van der Waals surface area contributed by atoms with Crippen LogP contribution in [0.4, 0.5) is 0 Å². The van der Waals surface area contributed by atoms with Crippen molar-refractivity contribution in [2.75, 3.05) is 6.61 Å². The lowest BCUT2D eigenvalue weighted by molar-refractivity contribution is -0.127. The van der Waals surface area contributed by atoms with Crippen molar-refractivity contribution < 1.29 is 9.90 Å². The second kappa shape index (κ2) is 6.15. The molecule has 1 aromatic rings. The molecule has 0 heterocycles. The summed E-state index contributed by atoms with van der Waals surface area (Å²) in [6.45, 7) is 4.08. The summed E-state index contributed by atoms with van der Waals surface area (Å²) in [5.74, 6) is -0.0284. The predicted octanol–water partition coefficient (Wildman–Crippen LogP) is 3.11. The first-order chi connectivity index (χ1) is 9.47. The van der Waals surface area contributed by atoms with E-state index in [4.69, 9.17) is 11.6 Å². The Balaban J connectivity index is 2.16. The number of benzene rings is 1. The summed E-state index contributed by atoms with van der Waals surface area (Å²) in [5, 5.41) is 13.2. The summed E-state index contributed by atoms with van der Waals surface area (Å²) in [4.78, 5) is 12.6. The third-order valence-corrected chi connectivity index (χ3v) is 4.43. The molecule has 1 aromatic carbocycles. The first kappa shape index (κ1) is 15.3. The lowest BCUT2D eigenvalue weighted by Crippen LogP contribution is -2.57. The van der Waals surface area contributed by atoms with E-state index in [2.05, 4.69) is 5.32 Å². The fourth-order valence-corrected chi connectivity index (χ4v) is 2.90. The summed E-state index contributed by atoms with van der Waals surface area (Å²) < 4.78 is 0. The molecular weight excluding hydrogens is 274 g/mol. The lowest BCUT2D eigenvalue weighted by Gasteiger charge is -2.42. The summed E-state index contributed by atoms with van der Waals surface area (Å²) in [6, 6.07) is 7.42.